The predicted molar refractivity (Wildman–Crippen MR) is 136 cm³/mol. The molecule has 0 aliphatic heterocycles. The molecule has 0 saturated heterocycles. The first kappa shape index (κ1) is 26.6. The van der Waals surface area contributed by atoms with E-state index in [0.29, 0.717) is 23.6 Å². The first-order chi connectivity index (χ1) is 17.2. The highest BCUT2D eigenvalue weighted by Crippen LogP contribution is 2.34. The van der Waals surface area contributed by atoms with Crippen molar-refractivity contribution in [3.05, 3.63) is 77.4 Å². The van der Waals surface area contributed by atoms with E-state index in [0.717, 1.165) is 11.1 Å². The van der Waals surface area contributed by atoms with Gasteiger partial charge >= 0.3 is 5.97 Å². The van der Waals surface area contributed by atoms with Gasteiger partial charge in [-0.3, -0.25) is 9.52 Å². The van der Waals surface area contributed by atoms with Crippen molar-refractivity contribution in [1.82, 2.24) is 0 Å². The quantitative estimate of drug-likeness (QED) is 0.391. The lowest BCUT2D eigenvalue weighted by Gasteiger charge is -2.14. The summed E-state index contributed by atoms with van der Waals surface area (Å²) in [7, 11) is 0.386. The molecule has 0 saturated carbocycles. The fourth-order valence-electron chi connectivity index (χ4n) is 3.40. The molecule has 0 fully saturated rings. The molecule has 36 heavy (non-hydrogen) atoms. The highest BCUT2D eigenvalue weighted by molar-refractivity contribution is 7.92. The second kappa shape index (κ2) is 11.6. The Balaban J connectivity index is 1.66. The van der Waals surface area contributed by atoms with Gasteiger partial charge in [-0.25, -0.2) is 13.2 Å². The zero-order valence-corrected chi connectivity index (χ0v) is 21.3. The number of esters is 1. The van der Waals surface area contributed by atoms with Crippen LogP contribution < -0.4 is 19.5 Å². The molecule has 0 spiro atoms. The van der Waals surface area contributed by atoms with Crippen LogP contribution in [0, 0.1) is 6.92 Å². The Hall–Kier alpha value is -4.05. The van der Waals surface area contributed by atoms with E-state index in [9.17, 15) is 18.0 Å². The van der Waals surface area contributed by atoms with Crippen molar-refractivity contribution in [2.24, 2.45) is 0 Å². The summed E-state index contributed by atoms with van der Waals surface area (Å²) in [5.41, 5.74) is 2.63. The minimum atomic E-state index is -3.74. The number of ether oxygens (including phenoxy) is 3. The predicted octanol–water partition coefficient (Wildman–Crippen LogP) is 4.17. The van der Waals surface area contributed by atoms with Crippen molar-refractivity contribution < 1.29 is 32.2 Å². The number of methoxy groups -OCH3 is 3. The molecule has 0 aromatic heterocycles. The number of hydrogen-bond acceptors (Lipinski definition) is 7. The van der Waals surface area contributed by atoms with Gasteiger partial charge in [-0.15, -0.1) is 0 Å². The third-order valence-electron chi connectivity index (χ3n) is 5.38. The largest absolute Gasteiger partial charge is 0.493 e. The Morgan fingerprint density at radius 3 is 2.06 bits per heavy atom. The standard InChI is InChI=1S/C26H28N2O7S/c1-17-5-10-19(11-6-17)28-36(31,32)20-12-7-18(8-13-20)9-14-25(29)27-22-16-24(34-3)23(33-2)15-21(22)26(30)35-4/h5-8,10-13,15-16,28H,9,14H2,1-4H3,(H,27,29). The lowest BCUT2D eigenvalue weighted by Crippen LogP contribution is -2.16. The molecule has 3 aromatic rings. The van der Waals surface area contributed by atoms with Crippen LogP contribution in [0.4, 0.5) is 11.4 Å². The van der Waals surface area contributed by atoms with Crippen molar-refractivity contribution in [3.63, 3.8) is 0 Å². The summed E-state index contributed by atoms with van der Waals surface area (Å²) in [4.78, 5) is 24.9. The van der Waals surface area contributed by atoms with Gasteiger partial charge in [0, 0.05) is 24.2 Å². The van der Waals surface area contributed by atoms with E-state index in [4.69, 9.17) is 14.2 Å². The zero-order valence-electron chi connectivity index (χ0n) is 20.5. The minimum absolute atomic E-state index is 0.0999. The number of aryl methyl sites for hydroxylation is 2. The number of carbonyl (C=O) groups excluding carboxylic acids is 2. The van der Waals surface area contributed by atoms with E-state index in [1.54, 1.807) is 24.3 Å². The van der Waals surface area contributed by atoms with Crippen molar-refractivity contribution in [2.75, 3.05) is 31.4 Å². The topological polar surface area (TPSA) is 120 Å². The Labute approximate surface area is 210 Å². The third kappa shape index (κ3) is 6.54. The molecule has 3 rings (SSSR count). The monoisotopic (exact) mass is 512 g/mol. The molecule has 0 atom stereocenters. The second-order valence-corrected chi connectivity index (χ2v) is 9.59. The third-order valence-corrected chi connectivity index (χ3v) is 6.78. The molecule has 190 valence electrons. The number of nitrogens with one attached hydrogen (secondary N) is 2. The summed E-state index contributed by atoms with van der Waals surface area (Å²) in [6.45, 7) is 1.92. The fraction of sp³-hybridized carbons (Fsp3) is 0.231. The van der Waals surface area contributed by atoms with Crippen LogP contribution in [0.1, 0.15) is 27.9 Å². The van der Waals surface area contributed by atoms with E-state index in [2.05, 4.69) is 10.0 Å². The molecule has 0 heterocycles. The maximum Gasteiger partial charge on any atom is 0.340 e. The summed E-state index contributed by atoms with van der Waals surface area (Å²) in [6.07, 6.45) is 0.459. The summed E-state index contributed by atoms with van der Waals surface area (Å²) in [5.74, 6) is -0.313. The highest BCUT2D eigenvalue weighted by Gasteiger charge is 2.19. The van der Waals surface area contributed by atoms with E-state index in [1.165, 1.54) is 45.6 Å². The lowest BCUT2D eigenvalue weighted by atomic mass is 10.1. The number of rotatable bonds is 10. The summed E-state index contributed by atoms with van der Waals surface area (Å²) < 4.78 is 43.1. The number of sulfonamides is 1. The molecule has 9 nitrogen and oxygen atoms in total. The van der Waals surface area contributed by atoms with E-state index in [1.807, 2.05) is 19.1 Å². The van der Waals surface area contributed by atoms with Gasteiger partial charge in [-0.1, -0.05) is 29.8 Å². The first-order valence-corrected chi connectivity index (χ1v) is 12.5. The zero-order chi connectivity index (χ0) is 26.3. The van der Waals surface area contributed by atoms with E-state index >= 15 is 0 Å². The summed E-state index contributed by atoms with van der Waals surface area (Å²) in [5, 5.41) is 2.71. The van der Waals surface area contributed by atoms with Crippen LogP contribution in [-0.4, -0.2) is 41.6 Å². The van der Waals surface area contributed by atoms with Gasteiger partial charge in [0.2, 0.25) is 5.91 Å². The molecular formula is C26H28N2O7S. The van der Waals surface area contributed by atoms with Gasteiger partial charge in [0.25, 0.3) is 10.0 Å². The molecule has 3 aromatic carbocycles. The fourth-order valence-corrected chi connectivity index (χ4v) is 4.46. The van der Waals surface area contributed by atoms with Gasteiger partial charge in [-0.2, -0.15) is 0 Å². The number of anilines is 2. The number of benzene rings is 3. The van der Waals surface area contributed by atoms with Crippen molar-refractivity contribution in [2.45, 2.75) is 24.7 Å². The van der Waals surface area contributed by atoms with Gasteiger partial charge in [0.15, 0.2) is 11.5 Å². The maximum atomic E-state index is 12.6. The molecule has 2 N–H and O–H groups in total. The minimum Gasteiger partial charge on any atom is -0.493 e. The van der Waals surface area contributed by atoms with Crippen molar-refractivity contribution in [1.29, 1.82) is 0 Å². The Morgan fingerprint density at radius 2 is 1.47 bits per heavy atom. The number of amides is 1. The van der Waals surface area contributed by atoms with Gasteiger partial charge < -0.3 is 19.5 Å². The average molecular weight is 513 g/mol. The molecule has 0 aliphatic rings. The number of carbonyl (C=O) groups is 2. The van der Waals surface area contributed by atoms with Crippen LogP contribution in [0.5, 0.6) is 11.5 Å². The summed E-state index contributed by atoms with van der Waals surface area (Å²) >= 11 is 0. The number of hydrogen-bond donors (Lipinski definition) is 2. The molecule has 0 radical (unpaired) electrons. The molecule has 0 bridgehead atoms. The Morgan fingerprint density at radius 1 is 0.861 bits per heavy atom. The Kier molecular flexibility index (Phi) is 8.55. The second-order valence-electron chi connectivity index (χ2n) is 7.91. The molecule has 0 aliphatic carbocycles. The van der Waals surface area contributed by atoms with Crippen LogP contribution >= 0.6 is 0 Å². The molecule has 10 heteroatoms. The van der Waals surface area contributed by atoms with Crippen LogP contribution in [0.2, 0.25) is 0 Å². The normalized spacial score (nSPS) is 10.9. The van der Waals surface area contributed by atoms with Crippen LogP contribution in [-0.2, 0) is 26.0 Å². The van der Waals surface area contributed by atoms with Gasteiger partial charge in [-0.05, 0) is 43.2 Å². The Bertz CT molecular complexity index is 1340. The lowest BCUT2D eigenvalue weighted by molar-refractivity contribution is -0.116. The first-order valence-electron chi connectivity index (χ1n) is 11.0. The van der Waals surface area contributed by atoms with Crippen LogP contribution in [0.3, 0.4) is 0 Å². The van der Waals surface area contributed by atoms with Gasteiger partial charge in [0.05, 0.1) is 37.5 Å². The van der Waals surface area contributed by atoms with E-state index in [-0.39, 0.29) is 28.5 Å². The highest BCUT2D eigenvalue weighted by atomic mass is 32.2. The smallest absolute Gasteiger partial charge is 0.340 e. The summed E-state index contributed by atoms with van der Waals surface area (Å²) in [6, 6.07) is 16.3. The molecular weight excluding hydrogens is 484 g/mol. The molecule has 1 amide bonds. The van der Waals surface area contributed by atoms with Crippen LogP contribution in [0.25, 0.3) is 0 Å². The SMILES string of the molecule is COC(=O)c1cc(OC)c(OC)cc1NC(=O)CCc1ccc(S(=O)(=O)Nc2ccc(C)cc2)cc1. The van der Waals surface area contributed by atoms with E-state index < -0.39 is 16.0 Å². The average Bonchev–Trinajstić information content (AvgIpc) is 2.88. The van der Waals surface area contributed by atoms with Crippen molar-refractivity contribution >= 4 is 33.3 Å². The molecule has 0 unspecified atom stereocenters. The van der Waals surface area contributed by atoms with Gasteiger partial charge in [0.1, 0.15) is 0 Å². The van der Waals surface area contributed by atoms with Crippen molar-refractivity contribution in [3.8, 4) is 11.5 Å². The van der Waals surface area contributed by atoms with Crippen LogP contribution in [0.15, 0.2) is 65.6 Å². The maximum absolute atomic E-state index is 12.6.